The quantitative estimate of drug-likeness (QED) is 0.295. The topological polar surface area (TPSA) is 98.7 Å². The van der Waals surface area contributed by atoms with E-state index in [9.17, 15) is 9.90 Å². The summed E-state index contributed by atoms with van der Waals surface area (Å²) < 4.78 is 29.1. The van der Waals surface area contributed by atoms with Gasteiger partial charge < -0.3 is 34.1 Å². The highest BCUT2D eigenvalue weighted by atomic mass is 16.7. The van der Waals surface area contributed by atoms with Gasteiger partial charge in [0.2, 0.25) is 0 Å². The Bertz CT molecular complexity index is 1380. The molecule has 3 aromatic rings. The first kappa shape index (κ1) is 30.6. The Morgan fingerprint density at radius 1 is 1.00 bits per heavy atom. The van der Waals surface area contributed by atoms with Gasteiger partial charge in [0, 0.05) is 38.2 Å². The van der Waals surface area contributed by atoms with Crippen molar-refractivity contribution in [3.63, 3.8) is 0 Å². The van der Waals surface area contributed by atoms with Crippen LogP contribution in [0.1, 0.15) is 52.2 Å². The highest BCUT2D eigenvalue weighted by Gasteiger charge is 2.34. The maximum atomic E-state index is 11.8. The average Bonchev–Trinajstić information content (AvgIpc) is 3.05. The lowest BCUT2D eigenvalue weighted by Crippen LogP contribution is -2.41. The van der Waals surface area contributed by atoms with Crippen LogP contribution in [0.25, 0.3) is 0 Å². The van der Waals surface area contributed by atoms with E-state index in [1.807, 2.05) is 48.5 Å². The van der Waals surface area contributed by atoms with Crippen molar-refractivity contribution in [3.05, 3.63) is 107 Å². The summed E-state index contributed by atoms with van der Waals surface area (Å²) in [5.41, 5.74) is 6.27. The van der Waals surface area contributed by atoms with Gasteiger partial charge in [-0.25, -0.2) is 4.79 Å². The summed E-state index contributed by atoms with van der Waals surface area (Å²) in [6.07, 6.45) is 1.88. The zero-order valence-electron chi connectivity index (χ0n) is 24.8. The molecule has 2 N–H and O–H groups in total. The molecule has 43 heavy (non-hydrogen) atoms. The molecule has 0 saturated carbocycles. The number of carbonyl (C=O) groups excluding carboxylic acids is 1. The molecule has 0 aromatic heterocycles. The van der Waals surface area contributed by atoms with Crippen molar-refractivity contribution in [2.45, 2.75) is 51.0 Å². The molecule has 9 nitrogen and oxygen atoms in total. The van der Waals surface area contributed by atoms with Crippen molar-refractivity contribution in [1.82, 2.24) is 10.2 Å². The van der Waals surface area contributed by atoms with Crippen LogP contribution < -0.4 is 14.8 Å². The van der Waals surface area contributed by atoms with Gasteiger partial charge in [0.05, 0.1) is 33.0 Å². The Balaban J connectivity index is 1.30. The summed E-state index contributed by atoms with van der Waals surface area (Å²) in [5, 5.41) is 12.2. The molecule has 228 valence electrons. The molecule has 1 amide bonds. The number of aliphatic hydroxyl groups is 1. The third kappa shape index (κ3) is 7.74. The second-order valence-electron chi connectivity index (χ2n) is 10.8. The lowest BCUT2D eigenvalue weighted by Gasteiger charge is -2.39. The Morgan fingerprint density at radius 3 is 2.35 bits per heavy atom. The number of fused-ring (bicyclic) bond motifs is 1. The number of aliphatic hydroxyl groups excluding tert-OH is 1. The van der Waals surface area contributed by atoms with E-state index in [-0.39, 0.29) is 25.4 Å². The van der Waals surface area contributed by atoms with Crippen LogP contribution in [0.2, 0.25) is 0 Å². The fourth-order valence-corrected chi connectivity index (χ4v) is 5.57. The van der Waals surface area contributed by atoms with Crippen molar-refractivity contribution >= 4 is 6.09 Å². The molecule has 3 atom stereocenters. The monoisotopic (exact) mass is 588 g/mol. The number of rotatable bonds is 11. The summed E-state index contributed by atoms with van der Waals surface area (Å²) in [6.45, 7) is 6.53. The third-order valence-electron chi connectivity index (χ3n) is 7.89. The third-order valence-corrected chi connectivity index (χ3v) is 7.89. The molecule has 2 aliphatic rings. The number of hydrogen-bond donors (Lipinski definition) is 2. The van der Waals surface area contributed by atoms with Crippen LogP contribution in [0, 0.1) is 0 Å². The van der Waals surface area contributed by atoms with Crippen LogP contribution in [0.5, 0.6) is 11.5 Å². The van der Waals surface area contributed by atoms with E-state index in [0.717, 1.165) is 59.8 Å². The second-order valence-corrected chi connectivity index (χ2v) is 10.8. The predicted molar refractivity (Wildman–Crippen MR) is 162 cm³/mol. The van der Waals surface area contributed by atoms with Crippen LogP contribution in [0.15, 0.2) is 73.3 Å². The van der Waals surface area contributed by atoms with E-state index >= 15 is 0 Å². The molecule has 0 bridgehead atoms. The fraction of sp³-hybridized carbons (Fsp3) is 0.382. The fourth-order valence-electron chi connectivity index (χ4n) is 5.57. The number of ether oxygens (including phenoxy) is 5. The van der Waals surface area contributed by atoms with Crippen molar-refractivity contribution in [2.75, 3.05) is 33.9 Å². The van der Waals surface area contributed by atoms with Crippen molar-refractivity contribution < 1.29 is 33.6 Å². The van der Waals surface area contributed by atoms with Crippen LogP contribution in [-0.2, 0) is 40.3 Å². The predicted octanol–water partition coefficient (Wildman–Crippen LogP) is 5.21. The van der Waals surface area contributed by atoms with Gasteiger partial charge in [-0.15, -0.1) is 0 Å². The van der Waals surface area contributed by atoms with E-state index < -0.39 is 12.4 Å². The van der Waals surface area contributed by atoms with Crippen LogP contribution in [0.4, 0.5) is 4.79 Å². The first-order valence-electron chi connectivity index (χ1n) is 14.6. The summed E-state index contributed by atoms with van der Waals surface area (Å²) in [7, 11) is 3.33. The van der Waals surface area contributed by atoms with Gasteiger partial charge in [-0.1, -0.05) is 61.2 Å². The molecule has 2 aliphatic heterocycles. The van der Waals surface area contributed by atoms with Gasteiger partial charge in [0.1, 0.15) is 6.61 Å². The number of nitrogens with one attached hydrogen (secondary N) is 1. The Labute approximate surface area is 253 Å². The first-order chi connectivity index (χ1) is 21.0. The number of benzene rings is 3. The Hall–Kier alpha value is -3.89. The van der Waals surface area contributed by atoms with E-state index in [1.165, 1.54) is 17.2 Å². The number of methoxy groups -OCH3 is 2. The minimum atomic E-state index is -0.553. The minimum Gasteiger partial charge on any atom is -0.493 e. The van der Waals surface area contributed by atoms with Crippen molar-refractivity contribution in [2.24, 2.45) is 0 Å². The molecular weight excluding hydrogens is 548 g/mol. The number of carbonyl (C=O) groups is 1. The SMILES string of the molecule is C=CCOC(=O)NCc1ccc([C@H]2O[C@@H](CN3CCc4cc(OC)c(OC)cc4C3)C[C@@H](c3ccc(CO)cc3)O2)cc1. The molecular formula is C34H40N2O7. The molecule has 0 radical (unpaired) electrons. The van der Waals surface area contributed by atoms with Gasteiger partial charge in [0.25, 0.3) is 0 Å². The lowest BCUT2D eigenvalue weighted by molar-refractivity contribution is -0.253. The van der Waals surface area contributed by atoms with E-state index in [0.29, 0.717) is 13.0 Å². The van der Waals surface area contributed by atoms with Gasteiger partial charge in [0.15, 0.2) is 17.8 Å². The molecule has 0 aliphatic carbocycles. The van der Waals surface area contributed by atoms with Gasteiger partial charge in [-0.05, 0) is 46.4 Å². The Kier molecular flexibility index (Phi) is 10.3. The summed E-state index contributed by atoms with van der Waals surface area (Å²) in [4.78, 5) is 14.2. The molecule has 2 heterocycles. The van der Waals surface area contributed by atoms with E-state index in [2.05, 4.69) is 28.9 Å². The highest BCUT2D eigenvalue weighted by Crippen LogP contribution is 2.39. The average molecular weight is 589 g/mol. The first-order valence-corrected chi connectivity index (χ1v) is 14.6. The Morgan fingerprint density at radius 2 is 1.67 bits per heavy atom. The molecule has 0 spiro atoms. The number of hydrogen-bond acceptors (Lipinski definition) is 8. The van der Waals surface area contributed by atoms with Crippen LogP contribution in [0.3, 0.4) is 0 Å². The molecule has 0 unspecified atom stereocenters. The second kappa shape index (κ2) is 14.5. The standard InChI is InChI=1S/C34H40N2O7/c1-4-15-41-34(38)35-19-23-5-11-26(12-6-23)33-42-29(18-30(43-33)25-9-7-24(22-37)8-10-25)21-36-14-13-27-16-31(39-2)32(40-3)17-28(27)20-36/h4-12,16-17,29-30,33,37H,1,13-15,18-22H2,2-3H3,(H,35,38)/t29-,30+,33+/m1/s1. The van der Waals surface area contributed by atoms with E-state index in [1.54, 1.807) is 14.2 Å². The molecule has 5 rings (SSSR count). The van der Waals surface area contributed by atoms with Crippen molar-refractivity contribution in [1.29, 1.82) is 0 Å². The largest absolute Gasteiger partial charge is 0.493 e. The molecule has 3 aromatic carbocycles. The van der Waals surface area contributed by atoms with Gasteiger partial charge in [-0.3, -0.25) is 4.90 Å². The van der Waals surface area contributed by atoms with Crippen LogP contribution >= 0.6 is 0 Å². The summed E-state index contributed by atoms with van der Waals surface area (Å²) in [5.74, 6) is 1.50. The lowest BCUT2D eigenvalue weighted by atomic mass is 9.97. The van der Waals surface area contributed by atoms with Crippen LogP contribution in [-0.4, -0.2) is 56.1 Å². The van der Waals surface area contributed by atoms with Gasteiger partial charge in [-0.2, -0.15) is 0 Å². The molecule has 1 fully saturated rings. The maximum Gasteiger partial charge on any atom is 0.407 e. The van der Waals surface area contributed by atoms with Crippen molar-refractivity contribution in [3.8, 4) is 11.5 Å². The number of alkyl carbamates (subject to hydrolysis) is 1. The number of amides is 1. The summed E-state index contributed by atoms with van der Waals surface area (Å²) >= 11 is 0. The smallest absolute Gasteiger partial charge is 0.407 e. The zero-order valence-corrected chi connectivity index (χ0v) is 24.8. The molecule has 1 saturated heterocycles. The minimum absolute atomic E-state index is 0.000439. The normalized spacial score (nSPS) is 20.1. The zero-order chi connectivity index (χ0) is 30.2. The highest BCUT2D eigenvalue weighted by molar-refractivity contribution is 5.67. The number of nitrogens with zero attached hydrogens (tertiary/aromatic N) is 1. The van der Waals surface area contributed by atoms with Gasteiger partial charge >= 0.3 is 6.09 Å². The van der Waals surface area contributed by atoms with E-state index in [4.69, 9.17) is 23.7 Å². The molecule has 9 heteroatoms. The maximum absolute atomic E-state index is 11.8. The summed E-state index contributed by atoms with van der Waals surface area (Å²) in [6, 6.07) is 19.9.